The molecule has 0 spiro atoms. The van der Waals surface area contributed by atoms with E-state index in [4.69, 9.17) is 9.84 Å². The Labute approximate surface area is 124 Å². The van der Waals surface area contributed by atoms with Crippen LogP contribution in [0.4, 0.5) is 0 Å². The summed E-state index contributed by atoms with van der Waals surface area (Å²) in [5.74, 6) is -0.301. The van der Waals surface area contributed by atoms with E-state index < -0.39 is 5.97 Å². The molecular formula is C15H22N2O4. The van der Waals surface area contributed by atoms with Gasteiger partial charge in [0.2, 0.25) is 5.91 Å². The average Bonchev–Trinajstić information content (AvgIpc) is 2.42. The van der Waals surface area contributed by atoms with E-state index in [0.29, 0.717) is 31.9 Å². The fourth-order valence-corrected chi connectivity index (χ4v) is 1.66. The van der Waals surface area contributed by atoms with Gasteiger partial charge in [-0.2, -0.15) is 0 Å². The summed E-state index contributed by atoms with van der Waals surface area (Å²) in [6.45, 7) is 5.53. The minimum Gasteiger partial charge on any atom is -0.492 e. The first kappa shape index (κ1) is 17.0. The molecule has 0 aliphatic carbocycles. The molecule has 0 radical (unpaired) electrons. The first-order chi connectivity index (χ1) is 9.99. The SMILES string of the molecule is CC(C)NC(=O)CCNCCOc1ccc(C(=O)O)cc1. The molecule has 0 aromatic heterocycles. The van der Waals surface area contributed by atoms with Crippen LogP contribution in [0.2, 0.25) is 0 Å². The maximum atomic E-state index is 11.4. The zero-order valence-corrected chi connectivity index (χ0v) is 12.4. The van der Waals surface area contributed by atoms with Gasteiger partial charge < -0.3 is 20.5 Å². The van der Waals surface area contributed by atoms with Crippen LogP contribution in [0.3, 0.4) is 0 Å². The zero-order valence-electron chi connectivity index (χ0n) is 12.4. The lowest BCUT2D eigenvalue weighted by Crippen LogP contribution is -2.33. The molecule has 0 atom stereocenters. The molecule has 0 bridgehead atoms. The third kappa shape index (κ3) is 7.31. The number of hydrogen-bond donors (Lipinski definition) is 3. The van der Waals surface area contributed by atoms with Crippen molar-refractivity contribution in [3.8, 4) is 5.75 Å². The number of amides is 1. The Morgan fingerprint density at radius 2 is 1.86 bits per heavy atom. The molecule has 1 rings (SSSR count). The molecule has 116 valence electrons. The molecule has 0 saturated heterocycles. The number of ether oxygens (including phenoxy) is 1. The van der Waals surface area contributed by atoms with Gasteiger partial charge in [-0.25, -0.2) is 4.79 Å². The second-order valence-electron chi connectivity index (χ2n) is 4.90. The molecule has 3 N–H and O–H groups in total. The number of hydrogen-bond acceptors (Lipinski definition) is 4. The van der Waals surface area contributed by atoms with Crippen molar-refractivity contribution in [3.63, 3.8) is 0 Å². The summed E-state index contributed by atoms with van der Waals surface area (Å²) >= 11 is 0. The number of carboxylic acid groups (broad SMARTS) is 1. The third-order valence-corrected chi connectivity index (χ3v) is 2.63. The first-order valence-electron chi connectivity index (χ1n) is 6.95. The molecule has 0 aliphatic heterocycles. The summed E-state index contributed by atoms with van der Waals surface area (Å²) < 4.78 is 5.46. The molecule has 1 aromatic rings. The summed E-state index contributed by atoms with van der Waals surface area (Å²) in [5.41, 5.74) is 0.233. The molecule has 6 heteroatoms. The molecule has 0 unspecified atom stereocenters. The molecule has 1 amide bonds. The van der Waals surface area contributed by atoms with Crippen LogP contribution < -0.4 is 15.4 Å². The molecule has 6 nitrogen and oxygen atoms in total. The van der Waals surface area contributed by atoms with Crippen LogP contribution in [0.1, 0.15) is 30.6 Å². The van der Waals surface area contributed by atoms with Gasteiger partial charge in [0.1, 0.15) is 12.4 Å². The Morgan fingerprint density at radius 3 is 2.43 bits per heavy atom. The smallest absolute Gasteiger partial charge is 0.335 e. The largest absolute Gasteiger partial charge is 0.492 e. The summed E-state index contributed by atoms with van der Waals surface area (Å²) in [6.07, 6.45) is 0.436. The molecule has 0 heterocycles. The monoisotopic (exact) mass is 294 g/mol. The van der Waals surface area contributed by atoms with Crippen LogP contribution in [-0.4, -0.2) is 42.7 Å². The molecule has 0 saturated carbocycles. The van der Waals surface area contributed by atoms with Crippen molar-refractivity contribution in [1.82, 2.24) is 10.6 Å². The molecule has 1 aromatic carbocycles. The van der Waals surface area contributed by atoms with E-state index in [1.54, 1.807) is 12.1 Å². The maximum absolute atomic E-state index is 11.4. The van der Waals surface area contributed by atoms with E-state index in [1.807, 2.05) is 13.8 Å². The van der Waals surface area contributed by atoms with Crippen LogP contribution in [0.15, 0.2) is 24.3 Å². The van der Waals surface area contributed by atoms with E-state index in [-0.39, 0.29) is 17.5 Å². The van der Waals surface area contributed by atoms with E-state index in [0.717, 1.165) is 0 Å². The Hall–Kier alpha value is -2.08. The minimum atomic E-state index is -0.956. The van der Waals surface area contributed by atoms with Crippen LogP contribution in [-0.2, 0) is 4.79 Å². The number of carboxylic acids is 1. The van der Waals surface area contributed by atoms with Gasteiger partial charge in [-0.15, -0.1) is 0 Å². The third-order valence-electron chi connectivity index (χ3n) is 2.63. The Balaban J connectivity index is 2.11. The highest BCUT2D eigenvalue weighted by Gasteiger charge is 2.03. The van der Waals surface area contributed by atoms with Gasteiger partial charge in [0.15, 0.2) is 0 Å². The fraction of sp³-hybridized carbons (Fsp3) is 0.467. The van der Waals surface area contributed by atoms with Gasteiger partial charge in [-0.05, 0) is 38.1 Å². The van der Waals surface area contributed by atoms with Gasteiger partial charge in [0.25, 0.3) is 0 Å². The van der Waals surface area contributed by atoms with Gasteiger partial charge in [0, 0.05) is 25.6 Å². The Kier molecular flexibility index (Phi) is 7.25. The fourth-order valence-electron chi connectivity index (χ4n) is 1.66. The predicted molar refractivity (Wildman–Crippen MR) is 79.7 cm³/mol. The molecule has 0 fully saturated rings. The average molecular weight is 294 g/mol. The van der Waals surface area contributed by atoms with Crippen LogP contribution in [0.5, 0.6) is 5.75 Å². The van der Waals surface area contributed by atoms with Crippen molar-refractivity contribution in [2.75, 3.05) is 19.7 Å². The normalized spacial score (nSPS) is 10.4. The maximum Gasteiger partial charge on any atom is 0.335 e. The number of benzene rings is 1. The standard InChI is InChI=1S/C15H22N2O4/c1-11(2)17-14(18)7-8-16-9-10-21-13-5-3-12(4-6-13)15(19)20/h3-6,11,16H,7-10H2,1-2H3,(H,17,18)(H,19,20). The van der Waals surface area contributed by atoms with Crippen molar-refractivity contribution in [3.05, 3.63) is 29.8 Å². The molecule has 21 heavy (non-hydrogen) atoms. The van der Waals surface area contributed by atoms with E-state index in [1.165, 1.54) is 12.1 Å². The Morgan fingerprint density at radius 1 is 1.19 bits per heavy atom. The quantitative estimate of drug-likeness (QED) is 0.597. The summed E-state index contributed by atoms with van der Waals surface area (Å²) in [7, 11) is 0. The summed E-state index contributed by atoms with van der Waals surface area (Å²) in [5, 5.41) is 14.7. The highest BCUT2D eigenvalue weighted by atomic mass is 16.5. The summed E-state index contributed by atoms with van der Waals surface area (Å²) in [4.78, 5) is 22.0. The van der Waals surface area contributed by atoms with E-state index in [2.05, 4.69) is 10.6 Å². The van der Waals surface area contributed by atoms with Crippen molar-refractivity contribution < 1.29 is 19.4 Å². The van der Waals surface area contributed by atoms with E-state index in [9.17, 15) is 9.59 Å². The van der Waals surface area contributed by atoms with Crippen molar-refractivity contribution in [2.24, 2.45) is 0 Å². The van der Waals surface area contributed by atoms with Crippen molar-refractivity contribution in [1.29, 1.82) is 0 Å². The van der Waals surface area contributed by atoms with Gasteiger partial charge in [0.05, 0.1) is 5.56 Å². The van der Waals surface area contributed by atoms with Gasteiger partial charge in [-0.1, -0.05) is 0 Å². The topological polar surface area (TPSA) is 87.7 Å². The lowest BCUT2D eigenvalue weighted by atomic mass is 10.2. The second-order valence-corrected chi connectivity index (χ2v) is 4.90. The Bertz CT molecular complexity index is 457. The lowest BCUT2D eigenvalue weighted by molar-refractivity contribution is -0.121. The predicted octanol–water partition coefficient (Wildman–Crippen LogP) is 1.27. The number of rotatable bonds is 9. The molecule has 0 aliphatic rings. The van der Waals surface area contributed by atoms with Crippen LogP contribution in [0.25, 0.3) is 0 Å². The van der Waals surface area contributed by atoms with Crippen LogP contribution in [0, 0.1) is 0 Å². The van der Waals surface area contributed by atoms with Crippen molar-refractivity contribution in [2.45, 2.75) is 26.3 Å². The number of nitrogens with one attached hydrogen (secondary N) is 2. The second kappa shape index (κ2) is 8.97. The highest BCUT2D eigenvalue weighted by Crippen LogP contribution is 2.11. The number of aromatic carboxylic acids is 1. The van der Waals surface area contributed by atoms with Crippen LogP contribution >= 0.6 is 0 Å². The van der Waals surface area contributed by atoms with Gasteiger partial charge >= 0.3 is 5.97 Å². The number of carbonyl (C=O) groups is 2. The van der Waals surface area contributed by atoms with Crippen molar-refractivity contribution >= 4 is 11.9 Å². The first-order valence-corrected chi connectivity index (χ1v) is 6.95. The highest BCUT2D eigenvalue weighted by molar-refractivity contribution is 5.87. The van der Waals surface area contributed by atoms with E-state index >= 15 is 0 Å². The minimum absolute atomic E-state index is 0.0303. The summed E-state index contributed by atoms with van der Waals surface area (Å²) in [6, 6.07) is 6.41. The molecular weight excluding hydrogens is 272 g/mol. The zero-order chi connectivity index (χ0) is 15.7. The van der Waals surface area contributed by atoms with Gasteiger partial charge in [-0.3, -0.25) is 4.79 Å². The number of carbonyl (C=O) groups excluding carboxylic acids is 1. The lowest BCUT2D eigenvalue weighted by Gasteiger charge is -2.09.